The highest BCUT2D eigenvalue weighted by molar-refractivity contribution is 5.75. The largest absolute Gasteiger partial charge is 0.478 e. The zero-order chi connectivity index (χ0) is 14.5. The minimum Gasteiger partial charge on any atom is -0.478 e. The fourth-order valence-electron chi connectivity index (χ4n) is 1.92. The van der Waals surface area contributed by atoms with Gasteiger partial charge >= 0.3 is 0 Å². The average Bonchev–Trinajstić information content (AvgIpc) is 2.56. The predicted molar refractivity (Wildman–Crippen MR) is 77.9 cm³/mol. The number of benzene rings is 2. The molecule has 0 radical (unpaired) electrons. The van der Waals surface area contributed by atoms with Crippen molar-refractivity contribution in [2.24, 2.45) is 4.99 Å². The summed E-state index contributed by atoms with van der Waals surface area (Å²) >= 11 is 0. The third kappa shape index (κ3) is 2.97. The van der Waals surface area contributed by atoms with Crippen molar-refractivity contribution in [3.8, 4) is 0 Å². The SMILES string of the molecule is C1=c2ccccc2=NCO1.O=c1cnoc2ccccc12. The van der Waals surface area contributed by atoms with Crippen LogP contribution in [-0.2, 0) is 4.74 Å². The molecule has 5 heteroatoms. The molecule has 0 amide bonds. The van der Waals surface area contributed by atoms with E-state index >= 15 is 0 Å². The van der Waals surface area contributed by atoms with E-state index in [0.717, 1.165) is 10.6 Å². The zero-order valence-corrected chi connectivity index (χ0v) is 11.1. The first kappa shape index (κ1) is 13.1. The fourth-order valence-corrected chi connectivity index (χ4v) is 1.92. The lowest BCUT2D eigenvalue weighted by molar-refractivity contribution is 0.296. The Morgan fingerprint density at radius 1 is 1.00 bits per heavy atom. The Balaban J connectivity index is 0.000000126. The van der Waals surface area contributed by atoms with Gasteiger partial charge in [0.15, 0.2) is 12.3 Å². The van der Waals surface area contributed by atoms with Crippen molar-refractivity contribution in [1.29, 1.82) is 0 Å². The summed E-state index contributed by atoms with van der Waals surface area (Å²) in [6.07, 6.45) is 2.91. The summed E-state index contributed by atoms with van der Waals surface area (Å²) < 4.78 is 9.85. The molecule has 2 aromatic carbocycles. The molecule has 0 aliphatic carbocycles. The van der Waals surface area contributed by atoms with Gasteiger partial charge in [-0.05, 0) is 24.3 Å². The quantitative estimate of drug-likeness (QED) is 0.621. The molecule has 1 aromatic heterocycles. The van der Waals surface area contributed by atoms with Gasteiger partial charge < -0.3 is 9.26 Å². The average molecular weight is 280 g/mol. The lowest BCUT2D eigenvalue weighted by Gasteiger charge is -1.99. The van der Waals surface area contributed by atoms with E-state index in [0.29, 0.717) is 17.7 Å². The van der Waals surface area contributed by atoms with Crippen LogP contribution >= 0.6 is 0 Å². The first-order valence-electron chi connectivity index (χ1n) is 6.40. The molecule has 4 rings (SSSR count). The van der Waals surface area contributed by atoms with Crippen LogP contribution in [0.1, 0.15) is 0 Å². The Bertz CT molecular complexity index is 891. The maximum Gasteiger partial charge on any atom is 0.211 e. The summed E-state index contributed by atoms with van der Waals surface area (Å²) in [4.78, 5) is 15.2. The molecular formula is C16H12N2O3. The molecule has 0 N–H and O–H groups in total. The Kier molecular flexibility index (Phi) is 3.73. The monoisotopic (exact) mass is 280 g/mol. The van der Waals surface area contributed by atoms with E-state index in [1.165, 1.54) is 6.20 Å². The smallest absolute Gasteiger partial charge is 0.211 e. The van der Waals surface area contributed by atoms with Crippen molar-refractivity contribution in [3.63, 3.8) is 0 Å². The van der Waals surface area contributed by atoms with Crippen LogP contribution in [0.4, 0.5) is 0 Å². The number of rotatable bonds is 0. The van der Waals surface area contributed by atoms with Gasteiger partial charge in [0.1, 0.15) is 6.20 Å². The molecule has 5 nitrogen and oxygen atoms in total. The highest BCUT2D eigenvalue weighted by atomic mass is 16.5. The van der Waals surface area contributed by atoms with Gasteiger partial charge in [-0.3, -0.25) is 4.79 Å². The van der Waals surface area contributed by atoms with Crippen molar-refractivity contribution >= 4 is 17.2 Å². The molecule has 3 aromatic rings. The summed E-state index contributed by atoms with van der Waals surface area (Å²) in [5, 5.41) is 6.08. The lowest BCUT2D eigenvalue weighted by atomic mass is 10.2. The maximum atomic E-state index is 11.1. The van der Waals surface area contributed by atoms with Crippen LogP contribution in [0.25, 0.3) is 17.2 Å². The Hall–Kier alpha value is -2.95. The van der Waals surface area contributed by atoms with Crippen molar-refractivity contribution < 1.29 is 9.26 Å². The molecule has 2 heterocycles. The van der Waals surface area contributed by atoms with Gasteiger partial charge in [-0.1, -0.05) is 29.4 Å². The Labute approximate surface area is 119 Å². The molecule has 0 saturated carbocycles. The summed E-state index contributed by atoms with van der Waals surface area (Å²) in [6.45, 7) is 0.455. The van der Waals surface area contributed by atoms with Gasteiger partial charge in [-0.25, -0.2) is 4.99 Å². The first-order chi connectivity index (χ1) is 10.3. The van der Waals surface area contributed by atoms with E-state index < -0.39 is 0 Å². The molecule has 104 valence electrons. The number of ether oxygens (including phenoxy) is 1. The van der Waals surface area contributed by atoms with Crippen LogP contribution < -0.4 is 16.0 Å². The molecule has 0 spiro atoms. The predicted octanol–water partition coefficient (Wildman–Crippen LogP) is 1.22. The second-order valence-corrected chi connectivity index (χ2v) is 4.32. The number of para-hydroxylation sites is 2. The summed E-state index contributed by atoms with van der Waals surface area (Å²) in [5.74, 6) is 0. The van der Waals surface area contributed by atoms with Crippen molar-refractivity contribution in [3.05, 3.63) is 75.5 Å². The molecule has 1 aliphatic rings. The maximum absolute atomic E-state index is 11.1. The molecule has 0 unspecified atom stereocenters. The summed E-state index contributed by atoms with van der Waals surface area (Å²) in [7, 11) is 0. The van der Waals surface area contributed by atoms with Gasteiger partial charge in [-0.15, -0.1) is 0 Å². The molecular weight excluding hydrogens is 268 g/mol. The molecule has 21 heavy (non-hydrogen) atoms. The van der Waals surface area contributed by atoms with Gasteiger partial charge in [-0.2, -0.15) is 0 Å². The van der Waals surface area contributed by atoms with Gasteiger partial charge in [0.25, 0.3) is 0 Å². The Morgan fingerprint density at radius 2 is 1.81 bits per heavy atom. The number of fused-ring (bicyclic) bond motifs is 2. The van der Waals surface area contributed by atoms with E-state index in [1.807, 2.05) is 24.3 Å². The lowest BCUT2D eigenvalue weighted by Crippen LogP contribution is -2.27. The Morgan fingerprint density at radius 3 is 2.67 bits per heavy atom. The highest BCUT2D eigenvalue weighted by Crippen LogP contribution is 2.05. The molecule has 1 aliphatic heterocycles. The van der Waals surface area contributed by atoms with Crippen LogP contribution in [0, 0.1) is 0 Å². The number of aromatic nitrogens is 1. The third-order valence-corrected chi connectivity index (χ3v) is 2.93. The molecule has 0 saturated heterocycles. The minimum absolute atomic E-state index is 0.105. The topological polar surface area (TPSA) is 64.7 Å². The van der Waals surface area contributed by atoms with Gasteiger partial charge in [0.05, 0.1) is 17.0 Å². The number of nitrogens with zero attached hydrogens (tertiary/aromatic N) is 2. The zero-order valence-electron chi connectivity index (χ0n) is 11.1. The third-order valence-electron chi connectivity index (χ3n) is 2.93. The number of hydrogen-bond acceptors (Lipinski definition) is 5. The summed E-state index contributed by atoms with van der Waals surface area (Å²) in [6, 6.07) is 14.9. The van der Waals surface area contributed by atoms with E-state index in [-0.39, 0.29) is 5.43 Å². The van der Waals surface area contributed by atoms with Gasteiger partial charge in [0.2, 0.25) is 5.43 Å². The van der Waals surface area contributed by atoms with Crippen LogP contribution in [0.15, 0.2) is 69.0 Å². The van der Waals surface area contributed by atoms with Crippen LogP contribution in [0.2, 0.25) is 0 Å². The fraction of sp³-hybridized carbons (Fsp3) is 0.0625. The molecule has 0 fully saturated rings. The second-order valence-electron chi connectivity index (χ2n) is 4.32. The van der Waals surface area contributed by atoms with E-state index in [1.54, 1.807) is 30.5 Å². The number of hydrogen-bond donors (Lipinski definition) is 0. The van der Waals surface area contributed by atoms with Crippen molar-refractivity contribution in [1.82, 2.24) is 5.16 Å². The first-order valence-corrected chi connectivity index (χ1v) is 6.40. The van der Waals surface area contributed by atoms with Crippen LogP contribution in [0.3, 0.4) is 0 Å². The molecule has 0 atom stereocenters. The second kappa shape index (κ2) is 6.00. The normalized spacial score (nSPS) is 12.0. The van der Waals surface area contributed by atoms with E-state index in [2.05, 4.69) is 10.1 Å². The minimum atomic E-state index is -0.105. The van der Waals surface area contributed by atoms with Gasteiger partial charge in [0, 0.05) is 5.22 Å². The van der Waals surface area contributed by atoms with E-state index in [9.17, 15) is 4.79 Å². The van der Waals surface area contributed by atoms with Crippen molar-refractivity contribution in [2.75, 3.05) is 6.73 Å². The van der Waals surface area contributed by atoms with Crippen molar-refractivity contribution in [2.45, 2.75) is 0 Å². The van der Waals surface area contributed by atoms with Crippen LogP contribution in [0.5, 0.6) is 0 Å². The van der Waals surface area contributed by atoms with E-state index in [4.69, 9.17) is 9.26 Å². The molecule has 0 bridgehead atoms. The highest BCUT2D eigenvalue weighted by Gasteiger charge is 1.96. The summed E-state index contributed by atoms with van der Waals surface area (Å²) in [5.41, 5.74) is 0.423. The standard InChI is InChI=1S/C8H5NO2.C8H7NO/c10-7-5-9-11-8-4-2-1-3-6(7)8;1-2-4-8-7(3-1)5-10-6-9-8/h1-5H;1-5H,6H2. The van der Waals surface area contributed by atoms with Crippen LogP contribution in [-0.4, -0.2) is 11.9 Å².